The molecule has 0 saturated carbocycles. The number of benzene rings is 1. The third-order valence-electron chi connectivity index (χ3n) is 5.01. The number of halogens is 3. The van der Waals surface area contributed by atoms with Crippen molar-refractivity contribution in [1.82, 2.24) is 15.5 Å². The van der Waals surface area contributed by atoms with E-state index in [1.807, 2.05) is 0 Å². The van der Waals surface area contributed by atoms with Gasteiger partial charge in [0.15, 0.2) is 5.96 Å². The molecule has 6 nitrogen and oxygen atoms in total. The first kappa shape index (κ1) is 25.7. The van der Waals surface area contributed by atoms with Crippen LogP contribution in [0, 0.1) is 0 Å². The first-order valence-corrected chi connectivity index (χ1v) is 9.83. The van der Waals surface area contributed by atoms with Crippen LogP contribution in [0.4, 0.5) is 8.78 Å². The maximum absolute atomic E-state index is 12.6. The van der Waals surface area contributed by atoms with E-state index in [9.17, 15) is 8.78 Å². The van der Waals surface area contributed by atoms with E-state index in [0.29, 0.717) is 29.9 Å². The Bertz CT molecular complexity index is 634. The van der Waals surface area contributed by atoms with Crippen molar-refractivity contribution in [1.29, 1.82) is 0 Å². The molecule has 0 spiro atoms. The molecule has 1 unspecified atom stereocenters. The van der Waals surface area contributed by atoms with Crippen LogP contribution in [0.5, 0.6) is 11.5 Å². The van der Waals surface area contributed by atoms with Crippen LogP contribution in [0.1, 0.15) is 38.2 Å². The number of hydrogen-bond acceptors (Lipinski definition) is 4. The van der Waals surface area contributed by atoms with E-state index in [2.05, 4.69) is 32.2 Å². The zero-order chi connectivity index (χ0) is 20.4. The van der Waals surface area contributed by atoms with Gasteiger partial charge in [0.1, 0.15) is 11.5 Å². The average molecular weight is 526 g/mol. The summed E-state index contributed by atoms with van der Waals surface area (Å²) in [5.74, 6) is 1.33. The predicted octanol–water partition coefficient (Wildman–Crippen LogP) is 3.84. The number of likely N-dealkylation sites (tertiary alicyclic amines) is 1. The number of hydrogen-bond donors (Lipinski definition) is 2. The molecule has 166 valence electrons. The van der Waals surface area contributed by atoms with Gasteiger partial charge in [-0.1, -0.05) is 6.42 Å². The van der Waals surface area contributed by atoms with Gasteiger partial charge in [0, 0.05) is 38.3 Å². The van der Waals surface area contributed by atoms with Gasteiger partial charge in [-0.05, 0) is 50.9 Å². The van der Waals surface area contributed by atoms with Gasteiger partial charge in [-0.25, -0.2) is 0 Å². The Hall–Kier alpha value is -1.36. The van der Waals surface area contributed by atoms with Crippen LogP contribution in [-0.2, 0) is 6.54 Å². The Kier molecular flexibility index (Phi) is 12.2. The second-order valence-electron chi connectivity index (χ2n) is 6.94. The lowest BCUT2D eigenvalue weighted by atomic mass is 10.0. The molecule has 0 aliphatic carbocycles. The first-order chi connectivity index (χ1) is 13.5. The van der Waals surface area contributed by atoms with Gasteiger partial charge in [0.2, 0.25) is 0 Å². The molecule has 1 heterocycles. The van der Waals surface area contributed by atoms with Crippen molar-refractivity contribution in [2.75, 3.05) is 33.8 Å². The highest BCUT2D eigenvalue weighted by atomic mass is 127. The zero-order valence-corrected chi connectivity index (χ0v) is 19.7. The number of aliphatic imine (C=N–C) groups is 1. The van der Waals surface area contributed by atoms with E-state index in [4.69, 9.17) is 4.74 Å². The molecule has 1 aliphatic rings. The summed E-state index contributed by atoms with van der Waals surface area (Å²) in [5, 5.41) is 6.42. The van der Waals surface area contributed by atoms with Gasteiger partial charge >= 0.3 is 6.61 Å². The maximum Gasteiger partial charge on any atom is 0.387 e. The number of ether oxygens (including phenoxy) is 2. The van der Waals surface area contributed by atoms with Crippen LogP contribution >= 0.6 is 24.0 Å². The van der Waals surface area contributed by atoms with Crippen LogP contribution < -0.4 is 20.1 Å². The fourth-order valence-electron chi connectivity index (χ4n) is 3.41. The average Bonchev–Trinajstić information content (AvgIpc) is 2.69. The minimum Gasteiger partial charge on any atom is -0.497 e. The summed E-state index contributed by atoms with van der Waals surface area (Å²) in [5.41, 5.74) is 0.574. The van der Waals surface area contributed by atoms with Crippen LogP contribution in [-0.4, -0.2) is 57.3 Å². The van der Waals surface area contributed by atoms with E-state index in [1.165, 1.54) is 39.0 Å². The molecule has 1 aromatic rings. The van der Waals surface area contributed by atoms with Crippen molar-refractivity contribution >= 4 is 29.9 Å². The molecule has 2 N–H and O–H groups in total. The highest BCUT2D eigenvalue weighted by Gasteiger charge is 2.17. The van der Waals surface area contributed by atoms with Gasteiger partial charge in [0.05, 0.1) is 7.11 Å². The fraction of sp³-hybridized carbons (Fsp3) is 0.650. The van der Waals surface area contributed by atoms with Gasteiger partial charge in [-0.15, -0.1) is 24.0 Å². The van der Waals surface area contributed by atoms with E-state index < -0.39 is 6.61 Å². The Morgan fingerprint density at radius 2 is 2.10 bits per heavy atom. The number of piperidine rings is 1. The van der Waals surface area contributed by atoms with E-state index in [0.717, 1.165) is 19.5 Å². The van der Waals surface area contributed by atoms with Crippen molar-refractivity contribution in [3.8, 4) is 11.5 Å². The van der Waals surface area contributed by atoms with Crippen molar-refractivity contribution in [2.45, 2.75) is 51.8 Å². The summed E-state index contributed by atoms with van der Waals surface area (Å²) in [6.45, 7) is 2.75. The Labute approximate surface area is 189 Å². The largest absolute Gasteiger partial charge is 0.497 e. The normalized spacial score (nSPS) is 17.6. The lowest BCUT2D eigenvalue weighted by molar-refractivity contribution is -0.0504. The van der Waals surface area contributed by atoms with Crippen molar-refractivity contribution in [3.05, 3.63) is 23.8 Å². The summed E-state index contributed by atoms with van der Waals surface area (Å²) in [4.78, 5) is 6.73. The Balaban J connectivity index is 0.00000420. The molecule has 0 amide bonds. The molecule has 2 rings (SSSR count). The van der Waals surface area contributed by atoms with Crippen molar-refractivity contribution in [2.24, 2.45) is 4.99 Å². The van der Waals surface area contributed by atoms with Gasteiger partial charge in [-0.2, -0.15) is 8.78 Å². The second-order valence-corrected chi connectivity index (χ2v) is 6.94. The Morgan fingerprint density at radius 3 is 2.76 bits per heavy atom. The smallest absolute Gasteiger partial charge is 0.387 e. The molecule has 0 radical (unpaired) electrons. The molecule has 1 saturated heterocycles. The molecular formula is C20H33F2IN4O2. The molecule has 9 heteroatoms. The topological polar surface area (TPSA) is 58.1 Å². The quantitative estimate of drug-likeness (QED) is 0.222. The summed E-state index contributed by atoms with van der Waals surface area (Å²) in [7, 11) is 3.22. The third kappa shape index (κ3) is 8.90. The highest BCUT2D eigenvalue weighted by Crippen LogP contribution is 2.25. The minimum absolute atomic E-state index is 0. The van der Waals surface area contributed by atoms with Crippen LogP contribution in [0.25, 0.3) is 0 Å². The summed E-state index contributed by atoms with van der Waals surface area (Å²) in [6, 6.07) is 5.41. The lowest BCUT2D eigenvalue weighted by Crippen LogP contribution is -2.41. The van der Waals surface area contributed by atoms with E-state index in [-0.39, 0.29) is 29.7 Å². The SMILES string of the molecule is CN=C(NCCCN1CCCCC1C)NCc1cc(OC)ccc1OC(F)F.I. The standard InChI is InChI=1S/C20H32F2N4O2.HI/c1-15-7-4-5-11-26(15)12-6-10-24-20(23-2)25-14-16-13-17(27-3)8-9-18(16)28-19(21)22;/h8-9,13,15,19H,4-7,10-12,14H2,1-3H3,(H2,23,24,25);1H. The molecule has 29 heavy (non-hydrogen) atoms. The van der Waals surface area contributed by atoms with Crippen LogP contribution in [0.15, 0.2) is 23.2 Å². The van der Waals surface area contributed by atoms with Crippen molar-refractivity contribution < 1.29 is 18.3 Å². The number of rotatable bonds is 9. The third-order valence-corrected chi connectivity index (χ3v) is 5.01. The highest BCUT2D eigenvalue weighted by molar-refractivity contribution is 14.0. The number of nitrogens with one attached hydrogen (secondary N) is 2. The van der Waals surface area contributed by atoms with Crippen LogP contribution in [0.2, 0.25) is 0 Å². The number of guanidine groups is 1. The number of alkyl halides is 2. The number of nitrogens with zero attached hydrogens (tertiary/aromatic N) is 2. The minimum atomic E-state index is -2.87. The monoisotopic (exact) mass is 526 g/mol. The summed E-state index contributed by atoms with van der Waals surface area (Å²) < 4.78 is 35.0. The van der Waals surface area contributed by atoms with Crippen LogP contribution in [0.3, 0.4) is 0 Å². The van der Waals surface area contributed by atoms with E-state index in [1.54, 1.807) is 19.2 Å². The molecule has 1 atom stereocenters. The summed E-state index contributed by atoms with van der Waals surface area (Å²) >= 11 is 0. The molecule has 1 fully saturated rings. The van der Waals surface area contributed by atoms with Gasteiger partial charge < -0.3 is 25.0 Å². The summed E-state index contributed by atoms with van der Waals surface area (Å²) in [6.07, 6.45) is 4.91. The number of methoxy groups -OCH3 is 1. The second kappa shape index (κ2) is 13.8. The molecular weight excluding hydrogens is 493 g/mol. The van der Waals surface area contributed by atoms with E-state index >= 15 is 0 Å². The molecule has 1 aliphatic heterocycles. The molecule has 0 aromatic heterocycles. The maximum atomic E-state index is 12.6. The Morgan fingerprint density at radius 1 is 1.31 bits per heavy atom. The zero-order valence-electron chi connectivity index (χ0n) is 17.4. The van der Waals surface area contributed by atoms with Crippen molar-refractivity contribution in [3.63, 3.8) is 0 Å². The first-order valence-electron chi connectivity index (χ1n) is 9.83. The molecule has 1 aromatic carbocycles. The van der Waals surface area contributed by atoms with Gasteiger partial charge in [-0.3, -0.25) is 4.99 Å². The van der Waals surface area contributed by atoms with Gasteiger partial charge in [0.25, 0.3) is 0 Å². The predicted molar refractivity (Wildman–Crippen MR) is 123 cm³/mol. The fourth-order valence-corrected chi connectivity index (χ4v) is 3.41. The molecule has 0 bridgehead atoms. The lowest BCUT2D eigenvalue weighted by Gasteiger charge is -2.33.